The molecule has 0 aromatic heterocycles. The number of rotatable bonds is 5. The summed E-state index contributed by atoms with van der Waals surface area (Å²) in [4.78, 5) is 36.6. The second-order valence-electron chi connectivity index (χ2n) is 5.14. The zero-order valence-corrected chi connectivity index (χ0v) is 13.2. The Labute approximate surface area is 130 Å². The number of esters is 1. The standard InChI is InChI=1S/C16H21NO5/c1-11(2)14(15(19)21-4)17(12(3)18)16(20)22-10-13-8-6-5-7-9-13/h5-9,11,14H,10H2,1-4H3/t14-/m1/s1. The quantitative estimate of drug-likeness (QED) is 0.781. The molecule has 120 valence electrons. The summed E-state index contributed by atoms with van der Waals surface area (Å²) in [5.41, 5.74) is 0.790. The molecule has 2 amide bonds. The van der Waals surface area contributed by atoms with Crippen LogP contribution >= 0.6 is 0 Å². The van der Waals surface area contributed by atoms with Gasteiger partial charge in [0.2, 0.25) is 5.91 Å². The Morgan fingerprint density at radius 2 is 1.73 bits per heavy atom. The Morgan fingerprint density at radius 1 is 1.14 bits per heavy atom. The first-order chi connectivity index (χ1) is 10.4. The number of hydrogen-bond donors (Lipinski definition) is 0. The fourth-order valence-corrected chi connectivity index (χ4v) is 2.02. The lowest BCUT2D eigenvalue weighted by atomic mass is 10.0. The van der Waals surface area contributed by atoms with Crippen LogP contribution in [0.2, 0.25) is 0 Å². The number of nitrogens with zero attached hydrogens (tertiary/aromatic N) is 1. The molecular weight excluding hydrogens is 286 g/mol. The molecule has 0 heterocycles. The Hall–Kier alpha value is -2.37. The molecule has 1 rings (SSSR count). The van der Waals surface area contributed by atoms with Crippen LogP contribution in [0.5, 0.6) is 0 Å². The average molecular weight is 307 g/mol. The van der Waals surface area contributed by atoms with E-state index < -0.39 is 24.0 Å². The van der Waals surface area contributed by atoms with Gasteiger partial charge in [-0.3, -0.25) is 4.79 Å². The molecule has 0 saturated carbocycles. The monoisotopic (exact) mass is 307 g/mol. The Morgan fingerprint density at radius 3 is 2.18 bits per heavy atom. The van der Waals surface area contributed by atoms with E-state index in [1.54, 1.807) is 26.0 Å². The third-order valence-corrected chi connectivity index (χ3v) is 3.09. The number of hydrogen-bond acceptors (Lipinski definition) is 5. The van der Waals surface area contributed by atoms with Crippen LogP contribution in [0, 0.1) is 5.92 Å². The van der Waals surface area contributed by atoms with Gasteiger partial charge in [-0.1, -0.05) is 44.2 Å². The van der Waals surface area contributed by atoms with Gasteiger partial charge in [0.05, 0.1) is 7.11 Å². The lowest BCUT2D eigenvalue weighted by molar-refractivity contribution is -0.152. The van der Waals surface area contributed by atoms with E-state index in [4.69, 9.17) is 4.74 Å². The lowest BCUT2D eigenvalue weighted by Gasteiger charge is -2.29. The molecule has 0 saturated heterocycles. The van der Waals surface area contributed by atoms with Crippen molar-refractivity contribution in [1.82, 2.24) is 4.90 Å². The van der Waals surface area contributed by atoms with Gasteiger partial charge >= 0.3 is 12.1 Å². The fourth-order valence-electron chi connectivity index (χ4n) is 2.02. The zero-order valence-electron chi connectivity index (χ0n) is 13.2. The average Bonchev–Trinajstić information content (AvgIpc) is 2.49. The van der Waals surface area contributed by atoms with Crippen LogP contribution < -0.4 is 0 Å². The minimum Gasteiger partial charge on any atom is -0.467 e. The van der Waals surface area contributed by atoms with Crippen molar-refractivity contribution < 1.29 is 23.9 Å². The van der Waals surface area contributed by atoms with Gasteiger partial charge in [-0.25, -0.2) is 14.5 Å². The highest BCUT2D eigenvalue weighted by Gasteiger charge is 2.37. The Balaban J connectivity index is 2.87. The maximum Gasteiger partial charge on any atom is 0.417 e. The third kappa shape index (κ3) is 4.58. The van der Waals surface area contributed by atoms with E-state index >= 15 is 0 Å². The molecule has 1 aromatic rings. The maximum absolute atomic E-state index is 12.2. The Kier molecular flexibility index (Phi) is 6.56. The van der Waals surface area contributed by atoms with Crippen molar-refractivity contribution >= 4 is 18.0 Å². The highest BCUT2D eigenvalue weighted by Crippen LogP contribution is 2.15. The van der Waals surface area contributed by atoms with Crippen molar-refractivity contribution in [3.05, 3.63) is 35.9 Å². The van der Waals surface area contributed by atoms with E-state index in [9.17, 15) is 14.4 Å². The topological polar surface area (TPSA) is 72.9 Å². The summed E-state index contributed by atoms with van der Waals surface area (Å²) in [5, 5.41) is 0. The van der Waals surface area contributed by atoms with Crippen LogP contribution in [-0.4, -0.2) is 36.0 Å². The van der Waals surface area contributed by atoms with Crippen molar-refractivity contribution in [2.24, 2.45) is 5.92 Å². The Bertz CT molecular complexity index is 527. The summed E-state index contributed by atoms with van der Waals surface area (Å²) in [6.07, 6.45) is -0.861. The molecular formula is C16H21NO5. The van der Waals surface area contributed by atoms with Crippen molar-refractivity contribution in [3.63, 3.8) is 0 Å². The number of carbonyl (C=O) groups excluding carboxylic acids is 3. The number of carbonyl (C=O) groups is 3. The predicted octanol–water partition coefficient (Wildman–Crippen LogP) is 2.37. The van der Waals surface area contributed by atoms with Gasteiger partial charge in [-0.05, 0) is 11.5 Å². The SMILES string of the molecule is COC(=O)[C@@H](C(C)C)N(C(C)=O)C(=O)OCc1ccccc1. The molecule has 22 heavy (non-hydrogen) atoms. The summed E-state index contributed by atoms with van der Waals surface area (Å²) in [6, 6.07) is 8.07. The summed E-state index contributed by atoms with van der Waals surface area (Å²) in [5.74, 6) is -1.51. The van der Waals surface area contributed by atoms with Gasteiger partial charge in [0.15, 0.2) is 0 Å². The molecule has 0 fully saturated rings. The highest BCUT2D eigenvalue weighted by atomic mass is 16.6. The number of benzene rings is 1. The second-order valence-corrected chi connectivity index (χ2v) is 5.14. The van der Waals surface area contributed by atoms with Crippen LogP contribution in [0.4, 0.5) is 4.79 Å². The molecule has 0 aliphatic carbocycles. The highest BCUT2D eigenvalue weighted by molar-refractivity contribution is 5.95. The first kappa shape index (κ1) is 17.7. The van der Waals surface area contributed by atoms with Crippen molar-refractivity contribution in [2.45, 2.75) is 33.4 Å². The van der Waals surface area contributed by atoms with Crippen LogP contribution in [0.1, 0.15) is 26.3 Å². The first-order valence-electron chi connectivity index (χ1n) is 6.96. The van der Waals surface area contributed by atoms with Gasteiger partial charge in [-0.2, -0.15) is 0 Å². The molecule has 6 heteroatoms. The van der Waals surface area contributed by atoms with E-state index in [1.165, 1.54) is 14.0 Å². The van der Waals surface area contributed by atoms with Gasteiger partial charge < -0.3 is 9.47 Å². The van der Waals surface area contributed by atoms with Crippen molar-refractivity contribution in [2.75, 3.05) is 7.11 Å². The van der Waals surface area contributed by atoms with E-state index in [2.05, 4.69) is 4.74 Å². The third-order valence-electron chi connectivity index (χ3n) is 3.09. The minimum absolute atomic E-state index is 0.0233. The van der Waals surface area contributed by atoms with Crippen LogP contribution in [-0.2, 0) is 25.7 Å². The fraction of sp³-hybridized carbons (Fsp3) is 0.438. The molecule has 0 aliphatic heterocycles. The summed E-state index contributed by atoms with van der Waals surface area (Å²) < 4.78 is 9.81. The number of ether oxygens (including phenoxy) is 2. The first-order valence-corrected chi connectivity index (χ1v) is 6.96. The van der Waals surface area contributed by atoms with Crippen LogP contribution in [0.25, 0.3) is 0 Å². The van der Waals surface area contributed by atoms with Gasteiger partial charge in [-0.15, -0.1) is 0 Å². The normalized spacial score (nSPS) is 11.7. The van der Waals surface area contributed by atoms with Gasteiger partial charge in [0.25, 0.3) is 0 Å². The molecule has 0 bridgehead atoms. The number of methoxy groups -OCH3 is 1. The van der Waals surface area contributed by atoms with Crippen molar-refractivity contribution in [1.29, 1.82) is 0 Å². The molecule has 1 atom stereocenters. The minimum atomic E-state index is -1.01. The number of amides is 2. The van der Waals surface area contributed by atoms with E-state index in [1.807, 2.05) is 18.2 Å². The van der Waals surface area contributed by atoms with E-state index in [-0.39, 0.29) is 12.5 Å². The van der Waals surface area contributed by atoms with Crippen LogP contribution in [0.3, 0.4) is 0 Å². The predicted molar refractivity (Wildman–Crippen MR) is 79.8 cm³/mol. The van der Waals surface area contributed by atoms with Crippen LogP contribution in [0.15, 0.2) is 30.3 Å². The molecule has 0 N–H and O–H groups in total. The van der Waals surface area contributed by atoms with Crippen molar-refractivity contribution in [3.8, 4) is 0 Å². The summed E-state index contributed by atoms with van der Waals surface area (Å²) >= 11 is 0. The summed E-state index contributed by atoms with van der Waals surface area (Å²) in [7, 11) is 1.21. The largest absolute Gasteiger partial charge is 0.467 e. The molecule has 1 aromatic carbocycles. The second kappa shape index (κ2) is 8.17. The lowest BCUT2D eigenvalue weighted by Crippen LogP contribution is -2.51. The molecule has 0 radical (unpaired) electrons. The maximum atomic E-state index is 12.2. The molecule has 0 unspecified atom stereocenters. The smallest absolute Gasteiger partial charge is 0.417 e. The number of imide groups is 1. The zero-order chi connectivity index (χ0) is 16.7. The molecule has 6 nitrogen and oxygen atoms in total. The summed E-state index contributed by atoms with van der Waals surface area (Å²) in [6.45, 7) is 4.68. The van der Waals surface area contributed by atoms with Gasteiger partial charge in [0.1, 0.15) is 12.6 Å². The molecule has 0 spiro atoms. The van der Waals surface area contributed by atoms with E-state index in [0.29, 0.717) is 0 Å². The molecule has 0 aliphatic rings. The van der Waals surface area contributed by atoms with E-state index in [0.717, 1.165) is 10.5 Å². The van der Waals surface area contributed by atoms with Gasteiger partial charge in [0, 0.05) is 6.92 Å².